The van der Waals surface area contributed by atoms with Gasteiger partial charge in [-0.15, -0.1) is 0 Å². The fourth-order valence-corrected chi connectivity index (χ4v) is 6.46. The molecule has 6 rings (SSSR count). The molecule has 53 heavy (non-hydrogen) atoms. The van der Waals surface area contributed by atoms with E-state index in [1.54, 1.807) is 58.0 Å². The van der Waals surface area contributed by atoms with Crippen molar-refractivity contribution >= 4 is 50.6 Å². The number of carbonyl (C=O) groups is 3. The van der Waals surface area contributed by atoms with Crippen LogP contribution < -0.4 is 21.7 Å². The van der Waals surface area contributed by atoms with Crippen LogP contribution in [0.1, 0.15) is 31.9 Å². The average Bonchev–Trinajstić information content (AvgIpc) is 3.82. The number of hydrogen-bond donors (Lipinski definition) is 4. The Morgan fingerprint density at radius 2 is 1.13 bits per heavy atom. The van der Waals surface area contributed by atoms with E-state index >= 15 is 0 Å². The summed E-state index contributed by atoms with van der Waals surface area (Å²) in [5.41, 5.74) is 9.18. The van der Waals surface area contributed by atoms with Crippen molar-refractivity contribution < 1.29 is 19.1 Å². The predicted molar refractivity (Wildman–Crippen MR) is 209 cm³/mol. The minimum atomic E-state index is -0.797. The smallest absolute Gasteiger partial charge is 0.408 e. The van der Waals surface area contributed by atoms with Crippen LogP contribution >= 0.6 is 22.7 Å². The third-order valence-electron chi connectivity index (χ3n) is 7.28. The summed E-state index contributed by atoms with van der Waals surface area (Å²) in [6, 6.07) is 25.3. The van der Waals surface area contributed by atoms with Crippen molar-refractivity contribution in [3.05, 3.63) is 133 Å². The van der Waals surface area contributed by atoms with Crippen LogP contribution in [0.5, 0.6) is 0 Å². The molecule has 4 heterocycles. The van der Waals surface area contributed by atoms with Gasteiger partial charge in [-0.05, 0) is 62.6 Å². The van der Waals surface area contributed by atoms with Gasteiger partial charge in [0.2, 0.25) is 11.8 Å². The van der Waals surface area contributed by atoms with Crippen LogP contribution in [0.2, 0.25) is 0 Å². The molecule has 0 bridgehead atoms. The van der Waals surface area contributed by atoms with E-state index in [0.717, 1.165) is 32.3 Å². The molecule has 0 spiro atoms. The van der Waals surface area contributed by atoms with E-state index in [1.165, 1.54) is 22.7 Å². The van der Waals surface area contributed by atoms with Crippen LogP contribution in [0.25, 0.3) is 21.1 Å². The molecular weight excluding hydrogens is 709 g/mol. The van der Waals surface area contributed by atoms with Gasteiger partial charge < -0.3 is 26.4 Å². The largest absolute Gasteiger partial charge is 0.444 e. The zero-order valence-electron chi connectivity index (χ0n) is 29.4. The number of carbonyl (C=O) groups excluding carboxylic acids is 3. The third kappa shape index (κ3) is 12.4. The van der Waals surface area contributed by atoms with Crippen LogP contribution in [0.4, 0.5) is 14.8 Å². The number of anilines is 2. The van der Waals surface area contributed by atoms with Gasteiger partial charge in [0.1, 0.15) is 31.7 Å². The SMILES string of the molecule is CC(C)(C)OC(=O)N[C@@H](Cc1ccccc1)C(=O)Nc1cnc(-c2ccncc2)s1.N[C@@H](Cc1ccccc1)C(=O)Nc1cnc(-c2ccncc2)s1. The minimum Gasteiger partial charge on any atom is -0.444 e. The van der Waals surface area contributed by atoms with Crippen LogP contribution in [0.3, 0.4) is 0 Å². The molecule has 14 heteroatoms. The maximum Gasteiger partial charge on any atom is 0.408 e. The van der Waals surface area contributed by atoms with E-state index < -0.39 is 23.8 Å². The Morgan fingerprint density at radius 1 is 0.679 bits per heavy atom. The van der Waals surface area contributed by atoms with Crippen molar-refractivity contribution in [3.8, 4) is 21.1 Å². The summed E-state index contributed by atoms with van der Waals surface area (Å²) in [4.78, 5) is 54.1. The first-order valence-electron chi connectivity index (χ1n) is 16.7. The van der Waals surface area contributed by atoms with E-state index in [1.807, 2.05) is 84.9 Å². The molecule has 3 amide bonds. The van der Waals surface area contributed by atoms with Crippen LogP contribution in [0, 0.1) is 0 Å². The lowest BCUT2D eigenvalue weighted by Crippen LogP contribution is -2.47. The first kappa shape index (κ1) is 38.4. The molecule has 0 aliphatic heterocycles. The molecule has 0 aliphatic rings. The maximum atomic E-state index is 13.0. The van der Waals surface area contributed by atoms with Gasteiger partial charge in [0.05, 0.1) is 18.4 Å². The van der Waals surface area contributed by atoms with E-state index in [-0.39, 0.29) is 11.8 Å². The summed E-state index contributed by atoms with van der Waals surface area (Å²) in [6.45, 7) is 5.32. The molecule has 12 nitrogen and oxygen atoms in total. The number of thiazole rings is 2. The fraction of sp³-hybridized carbons (Fsp3) is 0.205. The quantitative estimate of drug-likeness (QED) is 0.109. The van der Waals surface area contributed by atoms with Gasteiger partial charge in [-0.1, -0.05) is 83.3 Å². The number of alkyl carbamates (subject to hydrolysis) is 1. The molecule has 6 aromatic rings. The normalized spacial score (nSPS) is 12.0. The van der Waals surface area contributed by atoms with E-state index in [0.29, 0.717) is 22.8 Å². The molecule has 2 aromatic carbocycles. The van der Waals surface area contributed by atoms with Gasteiger partial charge in [0.25, 0.3) is 0 Å². The van der Waals surface area contributed by atoms with Gasteiger partial charge in [-0.2, -0.15) is 0 Å². The topological polar surface area (TPSA) is 174 Å². The lowest BCUT2D eigenvalue weighted by molar-refractivity contribution is -0.118. The molecule has 272 valence electrons. The molecule has 0 saturated carbocycles. The molecule has 2 atom stereocenters. The molecule has 0 aliphatic carbocycles. The van der Waals surface area contributed by atoms with Crippen molar-refractivity contribution in [1.29, 1.82) is 0 Å². The number of rotatable bonds is 11. The number of benzene rings is 2. The Morgan fingerprint density at radius 3 is 1.60 bits per heavy atom. The van der Waals surface area contributed by atoms with Crippen molar-refractivity contribution in [2.24, 2.45) is 5.73 Å². The standard InChI is InChI=1S/C22H24N4O3S.C17H16N4OS/c1-22(2,3)29-21(28)25-17(13-15-7-5-4-6-8-15)19(27)26-18-14-24-20(30-18)16-9-11-23-12-10-16;18-14(10-12-4-2-1-3-5-12)16(22)21-15-11-20-17(23-15)13-6-8-19-9-7-13/h4-12,14,17H,13H2,1-3H3,(H,25,28)(H,26,27);1-9,11,14H,10,18H2,(H,21,22)/t17-;14-/m00/s1. The third-order valence-corrected chi connectivity index (χ3v) is 9.21. The summed E-state index contributed by atoms with van der Waals surface area (Å²) in [5.74, 6) is -0.548. The van der Waals surface area contributed by atoms with E-state index in [9.17, 15) is 14.4 Å². The van der Waals surface area contributed by atoms with Crippen LogP contribution in [0.15, 0.2) is 122 Å². The maximum absolute atomic E-state index is 13.0. The summed E-state index contributed by atoms with van der Waals surface area (Å²) in [7, 11) is 0. The second kappa shape index (κ2) is 18.6. The number of ether oxygens (including phenoxy) is 1. The molecule has 4 aromatic heterocycles. The second-order valence-corrected chi connectivity index (χ2v) is 14.8. The first-order chi connectivity index (χ1) is 25.5. The highest BCUT2D eigenvalue weighted by Crippen LogP contribution is 2.29. The average molecular weight is 749 g/mol. The van der Waals surface area contributed by atoms with E-state index in [2.05, 4.69) is 35.9 Å². The Hall–Kier alpha value is -5.83. The highest BCUT2D eigenvalue weighted by molar-refractivity contribution is 7.19. The Balaban J connectivity index is 0.000000211. The Kier molecular flexibility index (Phi) is 13.5. The van der Waals surface area contributed by atoms with Gasteiger partial charge in [-0.3, -0.25) is 19.6 Å². The second-order valence-electron chi connectivity index (χ2n) is 12.7. The summed E-state index contributed by atoms with van der Waals surface area (Å²) >= 11 is 2.76. The zero-order chi connectivity index (χ0) is 37.6. The molecule has 5 N–H and O–H groups in total. The molecular formula is C39H40N8O4S2. The highest BCUT2D eigenvalue weighted by Gasteiger charge is 2.25. The molecule has 0 unspecified atom stereocenters. The summed E-state index contributed by atoms with van der Waals surface area (Å²) in [5, 5.41) is 11.2. The molecule has 0 saturated heterocycles. The van der Waals surface area contributed by atoms with Gasteiger partial charge >= 0.3 is 6.09 Å². The monoisotopic (exact) mass is 748 g/mol. The Labute approximate surface area is 315 Å². The summed E-state index contributed by atoms with van der Waals surface area (Å²) < 4.78 is 5.32. The lowest BCUT2D eigenvalue weighted by atomic mass is 10.1. The van der Waals surface area contributed by atoms with Crippen molar-refractivity contribution in [2.45, 2.75) is 51.3 Å². The van der Waals surface area contributed by atoms with Crippen LogP contribution in [-0.2, 0) is 27.2 Å². The Bertz CT molecular complexity index is 2060. The fourth-order valence-electron chi connectivity index (χ4n) is 4.81. The molecule has 0 fully saturated rings. The number of pyridine rings is 2. The number of nitrogens with one attached hydrogen (secondary N) is 3. The summed E-state index contributed by atoms with van der Waals surface area (Å²) in [6.07, 6.45) is 10.3. The molecule has 0 radical (unpaired) electrons. The number of nitrogens with two attached hydrogens (primary N) is 1. The van der Waals surface area contributed by atoms with Gasteiger partial charge in [0, 0.05) is 42.3 Å². The first-order valence-corrected chi connectivity index (χ1v) is 18.3. The highest BCUT2D eigenvalue weighted by atomic mass is 32.1. The number of hydrogen-bond acceptors (Lipinski definition) is 11. The number of nitrogens with zero attached hydrogens (tertiary/aromatic N) is 4. The van der Waals surface area contributed by atoms with Gasteiger partial charge in [0.15, 0.2) is 0 Å². The number of aromatic nitrogens is 4. The van der Waals surface area contributed by atoms with Crippen molar-refractivity contribution in [2.75, 3.05) is 10.6 Å². The van der Waals surface area contributed by atoms with Gasteiger partial charge in [-0.25, -0.2) is 14.8 Å². The number of amides is 3. The van der Waals surface area contributed by atoms with Crippen molar-refractivity contribution in [3.63, 3.8) is 0 Å². The van der Waals surface area contributed by atoms with Crippen molar-refractivity contribution in [1.82, 2.24) is 25.3 Å². The van der Waals surface area contributed by atoms with E-state index in [4.69, 9.17) is 10.5 Å². The zero-order valence-corrected chi connectivity index (χ0v) is 31.1. The lowest BCUT2D eigenvalue weighted by Gasteiger charge is -2.23. The predicted octanol–water partition coefficient (Wildman–Crippen LogP) is 6.99. The van der Waals surface area contributed by atoms with Crippen LogP contribution in [-0.4, -0.2) is 55.5 Å². The minimum absolute atomic E-state index is 0.209.